The first-order valence-corrected chi connectivity index (χ1v) is 6.08. The Balaban J connectivity index is 2.43. The molecule has 0 fully saturated rings. The molecule has 3 nitrogen and oxygen atoms in total. The van der Waals surface area contributed by atoms with E-state index in [4.69, 9.17) is 21.1 Å². The molecule has 0 unspecified atom stereocenters. The average molecular weight is 254 g/mol. The maximum Gasteiger partial charge on any atom is 0.171 e. The zero-order valence-electron chi connectivity index (χ0n) is 10.1. The summed E-state index contributed by atoms with van der Waals surface area (Å²) < 4.78 is 11.5. The Kier molecular flexibility index (Phi) is 3.69. The van der Waals surface area contributed by atoms with Crippen LogP contribution in [0.25, 0.3) is 5.57 Å². The van der Waals surface area contributed by atoms with Gasteiger partial charge in [-0.05, 0) is 31.9 Å². The van der Waals surface area contributed by atoms with Gasteiger partial charge in [-0.3, -0.25) is 0 Å². The summed E-state index contributed by atoms with van der Waals surface area (Å²) in [5, 5.41) is 0.379. The van der Waals surface area contributed by atoms with Crippen LogP contribution >= 0.6 is 11.6 Å². The lowest BCUT2D eigenvalue weighted by molar-refractivity contribution is -0.00297. The summed E-state index contributed by atoms with van der Waals surface area (Å²) in [7, 11) is 0. The van der Waals surface area contributed by atoms with Crippen LogP contribution in [-0.2, 0) is 4.74 Å². The van der Waals surface area contributed by atoms with Crippen molar-refractivity contribution < 1.29 is 9.47 Å². The molecule has 2 heterocycles. The van der Waals surface area contributed by atoms with Gasteiger partial charge in [0, 0.05) is 11.8 Å². The Morgan fingerprint density at radius 3 is 2.94 bits per heavy atom. The first-order chi connectivity index (χ1) is 8.09. The molecular weight excluding hydrogens is 238 g/mol. The zero-order chi connectivity index (χ0) is 12.4. The van der Waals surface area contributed by atoms with Gasteiger partial charge in [-0.1, -0.05) is 18.2 Å². The van der Waals surface area contributed by atoms with E-state index in [0.29, 0.717) is 17.5 Å². The summed E-state index contributed by atoms with van der Waals surface area (Å²) in [6, 6.07) is 1.88. The Hall–Kier alpha value is -1.06. The number of pyridine rings is 1. The first kappa shape index (κ1) is 12.4. The van der Waals surface area contributed by atoms with E-state index in [2.05, 4.69) is 11.6 Å². The molecule has 0 bridgehead atoms. The molecule has 0 amide bonds. The van der Waals surface area contributed by atoms with E-state index in [1.807, 2.05) is 19.9 Å². The van der Waals surface area contributed by atoms with E-state index in [9.17, 15) is 0 Å². The monoisotopic (exact) mass is 253 g/mol. The molecule has 0 aromatic carbocycles. The van der Waals surface area contributed by atoms with Crippen LogP contribution in [-0.4, -0.2) is 23.8 Å². The summed E-state index contributed by atoms with van der Waals surface area (Å²) >= 11 is 6.08. The predicted molar refractivity (Wildman–Crippen MR) is 68.4 cm³/mol. The Labute approximate surface area is 106 Å². The van der Waals surface area contributed by atoms with Gasteiger partial charge in [-0.15, -0.1) is 0 Å². The number of fused-ring (bicyclic) bond motifs is 1. The van der Waals surface area contributed by atoms with Gasteiger partial charge in [-0.25, -0.2) is 4.98 Å². The van der Waals surface area contributed by atoms with Crippen LogP contribution in [0.5, 0.6) is 5.75 Å². The molecule has 2 rings (SSSR count). The van der Waals surface area contributed by atoms with Gasteiger partial charge >= 0.3 is 0 Å². The third kappa shape index (κ3) is 2.61. The number of halogens is 1. The van der Waals surface area contributed by atoms with Crippen molar-refractivity contribution in [3.8, 4) is 5.75 Å². The standard InChI is InChI=1S/C13H16ClNO2/c1-8-5-7-16-9(2)10(3)17-12-11(8)4-6-15-13(12)14/h4,6,9-10H,1,5,7H2,2-3H3/t9-,10-/m1/s1. The predicted octanol–water partition coefficient (Wildman–Crippen LogP) is 3.32. The van der Waals surface area contributed by atoms with Gasteiger partial charge in [0.15, 0.2) is 10.9 Å². The fourth-order valence-electron chi connectivity index (χ4n) is 1.73. The normalized spacial score (nSPS) is 25.2. The minimum atomic E-state index is -0.0682. The van der Waals surface area contributed by atoms with Crippen molar-refractivity contribution in [3.63, 3.8) is 0 Å². The van der Waals surface area contributed by atoms with E-state index in [1.54, 1.807) is 6.20 Å². The maximum absolute atomic E-state index is 6.08. The van der Waals surface area contributed by atoms with Gasteiger partial charge < -0.3 is 9.47 Å². The van der Waals surface area contributed by atoms with Crippen LogP contribution < -0.4 is 4.74 Å². The number of ether oxygens (including phenoxy) is 2. The first-order valence-electron chi connectivity index (χ1n) is 5.70. The van der Waals surface area contributed by atoms with E-state index in [1.165, 1.54) is 0 Å². The molecule has 4 heteroatoms. The van der Waals surface area contributed by atoms with Crippen molar-refractivity contribution in [1.82, 2.24) is 4.98 Å². The van der Waals surface area contributed by atoms with E-state index < -0.39 is 0 Å². The molecule has 0 radical (unpaired) electrons. The minimum absolute atomic E-state index is 0.0185. The molecule has 1 aromatic heterocycles. The van der Waals surface area contributed by atoms with Gasteiger partial charge in [-0.2, -0.15) is 0 Å². The topological polar surface area (TPSA) is 31.4 Å². The van der Waals surface area contributed by atoms with Gasteiger partial charge in [0.25, 0.3) is 0 Å². The number of aromatic nitrogens is 1. The highest BCUT2D eigenvalue weighted by molar-refractivity contribution is 6.31. The molecule has 1 aromatic rings. The molecule has 1 aliphatic rings. The molecule has 0 saturated heterocycles. The molecule has 92 valence electrons. The lowest BCUT2D eigenvalue weighted by atomic mass is 10.1. The number of rotatable bonds is 0. The van der Waals surface area contributed by atoms with Gasteiger partial charge in [0.1, 0.15) is 6.10 Å². The molecule has 17 heavy (non-hydrogen) atoms. The fourth-order valence-corrected chi connectivity index (χ4v) is 1.94. The summed E-state index contributed by atoms with van der Waals surface area (Å²) in [6.45, 7) is 8.64. The summed E-state index contributed by atoms with van der Waals surface area (Å²) in [5.74, 6) is 0.615. The van der Waals surface area contributed by atoms with Crippen molar-refractivity contribution in [2.45, 2.75) is 32.5 Å². The summed E-state index contributed by atoms with van der Waals surface area (Å²) in [4.78, 5) is 4.05. The quantitative estimate of drug-likeness (QED) is 0.665. The largest absolute Gasteiger partial charge is 0.484 e. The number of hydrogen-bond acceptors (Lipinski definition) is 3. The van der Waals surface area contributed by atoms with Crippen LogP contribution in [0.3, 0.4) is 0 Å². The van der Waals surface area contributed by atoms with Crippen molar-refractivity contribution in [3.05, 3.63) is 29.6 Å². The minimum Gasteiger partial charge on any atom is -0.484 e. The van der Waals surface area contributed by atoms with Crippen molar-refractivity contribution in [2.75, 3.05) is 6.61 Å². The second kappa shape index (κ2) is 5.07. The van der Waals surface area contributed by atoms with E-state index >= 15 is 0 Å². The van der Waals surface area contributed by atoms with Crippen LogP contribution in [0.1, 0.15) is 25.8 Å². The highest BCUT2D eigenvalue weighted by atomic mass is 35.5. The second-order valence-corrected chi connectivity index (χ2v) is 4.59. The molecule has 0 spiro atoms. The fraction of sp³-hybridized carbons (Fsp3) is 0.462. The highest BCUT2D eigenvalue weighted by Crippen LogP contribution is 2.34. The molecule has 2 atom stereocenters. The van der Waals surface area contributed by atoms with Crippen LogP contribution in [0.4, 0.5) is 0 Å². The van der Waals surface area contributed by atoms with Gasteiger partial charge in [0.2, 0.25) is 0 Å². The summed E-state index contributed by atoms with van der Waals surface area (Å²) in [6.07, 6.45) is 2.39. The average Bonchev–Trinajstić information content (AvgIpc) is 2.34. The lowest BCUT2D eigenvalue weighted by Gasteiger charge is -2.21. The van der Waals surface area contributed by atoms with Crippen molar-refractivity contribution in [1.29, 1.82) is 0 Å². The maximum atomic E-state index is 6.08. The highest BCUT2D eigenvalue weighted by Gasteiger charge is 2.21. The summed E-state index contributed by atoms with van der Waals surface area (Å²) in [5.41, 5.74) is 1.89. The van der Waals surface area contributed by atoms with E-state index in [0.717, 1.165) is 17.6 Å². The van der Waals surface area contributed by atoms with Crippen LogP contribution in [0.2, 0.25) is 5.15 Å². The third-order valence-electron chi connectivity index (χ3n) is 2.99. The van der Waals surface area contributed by atoms with Crippen LogP contribution in [0, 0.1) is 0 Å². The SMILES string of the molecule is C=C1CCO[C@H](C)[C@@H](C)Oc2c1ccnc2Cl. The zero-order valence-corrected chi connectivity index (χ0v) is 10.8. The molecule has 0 N–H and O–H groups in total. The molecule has 0 aliphatic carbocycles. The van der Waals surface area contributed by atoms with Gasteiger partial charge in [0.05, 0.1) is 12.7 Å². The van der Waals surface area contributed by atoms with Crippen LogP contribution in [0.15, 0.2) is 18.8 Å². The Morgan fingerprint density at radius 2 is 2.18 bits per heavy atom. The molecule has 1 aliphatic heterocycles. The Morgan fingerprint density at radius 1 is 1.41 bits per heavy atom. The second-order valence-electron chi connectivity index (χ2n) is 4.23. The van der Waals surface area contributed by atoms with E-state index in [-0.39, 0.29) is 12.2 Å². The molecule has 0 saturated carbocycles. The number of hydrogen-bond donors (Lipinski definition) is 0. The number of nitrogens with zero attached hydrogens (tertiary/aromatic N) is 1. The molecular formula is C13H16ClNO2. The van der Waals surface area contributed by atoms with Crippen molar-refractivity contribution >= 4 is 17.2 Å². The lowest BCUT2D eigenvalue weighted by Crippen LogP contribution is -2.28. The Bertz CT molecular complexity index is 433. The third-order valence-corrected chi connectivity index (χ3v) is 3.26. The smallest absolute Gasteiger partial charge is 0.171 e. The van der Waals surface area contributed by atoms with Crippen molar-refractivity contribution in [2.24, 2.45) is 0 Å².